The molecule has 2 fully saturated rings. The van der Waals surface area contributed by atoms with E-state index in [-0.39, 0.29) is 6.10 Å². The maximum Gasteiger partial charge on any atom is 0.0791 e. The molecule has 0 amide bonds. The topological polar surface area (TPSA) is 35.5 Å². The van der Waals surface area contributed by atoms with Gasteiger partial charge in [0.1, 0.15) is 0 Å². The molecule has 22 heavy (non-hydrogen) atoms. The first-order chi connectivity index (χ1) is 10.7. The first-order valence-electron chi connectivity index (χ1n) is 8.90. The Bertz CT molecular complexity index is 466. The Morgan fingerprint density at radius 2 is 2.05 bits per heavy atom. The van der Waals surface area contributed by atoms with Crippen LogP contribution in [0.3, 0.4) is 0 Å². The van der Waals surface area contributed by atoms with Crippen LogP contribution in [0.25, 0.3) is 0 Å². The predicted molar refractivity (Wildman–Crippen MR) is 91.1 cm³/mol. The van der Waals surface area contributed by atoms with Gasteiger partial charge in [0.15, 0.2) is 0 Å². The van der Waals surface area contributed by atoms with Crippen LogP contribution in [-0.4, -0.2) is 48.3 Å². The number of aliphatic hydroxyl groups is 1. The van der Waals surface area contributed by atoms with Gasteiger partial charge in [-0.2, -0.15) is 0 Å². The van der Waals surface area contributed by atoms with Gasteiger partial charge in [-0.15, -0.1) is 0 Å². The van der Waals surface area contributed by atoms with E-state index >= 15 is 0 Å². The zero-order chi connectivity index (χ0) is 15.4. The first kappa shape index (κ1) is 16.0. The van der Waals surface area contributed by atoms with Crippen LogP contribution >= 0.6 is 0 Å². The fourth-order valence-corrected chi connectivity index (χ4v) is 3.61. The zero-order valence-corrected chi connectivity index (χ0v) is 13.8. The Labute approximate surface area is 134 Å². The maximum absolute atomic E-state index is 10.3. The summed E-state index contributed by atoms with van der Waals surface area (Å²) < 4.78 is 0. The van der Waals surface area contributed by atoms with Gasteiger partial charge in [-0.05, 0) is 63.6 Å². The van der Waals surface area contributed by atoms with E-state index in [9.17, 15) is 5.11 Å². The van der Waals surface area contributed by atoms with Crippen molar-refractivity contribution in [3.05, 3.63) is 35.4 Å². The van der Waals surface area contributed by atoms with Gasteiger partial charge < -0.3 is 15.3 Å². The SMILES string of the molecule is Cc1cccc(CC(NCC(O)CN2CCCC2)C2CC2)c1. The van der Waals surface area contributed by atoms with Crippen LogP contribution in [-0.2, 0) is 6.42 Å². The number of aryl methyl sites for hydroxylation is 1. The summed E-state index contributed by atoms with van der Waals surface area (Å²) in [4.78, 5) is 2.39. The van der Waals surface area contributed by atoms with Crippen LogP contribution < -0.4 is 5.32 Å². The Morgan fingerprint density at radius 1 is 1.27 bits per heavy atom. The molecular formula is C19H30N2O. The van der Waals surface area contributed by atoms with Crippen molar-refractivity contribution in [1.29, 1.82) is 0 Å². The Hall–Kier alpha value is -0.900. The molecule has 1 aromatic rings. The third-order valence-electron chi connectivity index (χ3n) is 5.01. The van der Waals surface area contributed by atoms with Gasteiger partial charge in [0, 0.05) is 19.1 Å². The average molecular weight is 302 g/mol. The number of benzene rings is 1. The number of nitrogens with one attached hydrogen (secondary N) is 1. The minimum atomic E-state index is -0.239. The number of aliphatic hydroxyl groups excluding tert-OH is 1. The van der Waals surface area contributed by atoms with E-state index in [2.05, 4.69) is 41.4 Å². The summed E-state index contributed by atoms with van der Waals surface area (Å²) in [7, 11) is 0. The summed E-state index contributed by atoms with van der Waals surface area (Å²) in [6.45, 7) is 6.03. The van der Waals surface area contributed by atoms with E-state index in [0.29, 0.717) is 6.04 Å². The van der Waals surface area contributed by atoms with Crippen LogP contribution in [0.5, 0.6) is 0 Å². The molecule has 1 aromatic carbocycles. The Kier molecular flexibility index (Phi) is 5.51. The summed E-state index contributed by atoms with van der Waals surface area (Å²) in [6, 6.07) is 9.34. The lowest BCUT2D eigenvalue weighted by molar-refractivity contribution is 0.119. The lowest BCUT2D eigenvalue weighted by Gasteiger charge is -2.23. The van der Waals surface area contributed by atoms with Gasteiger partial charge in [0.25, 0.3) is 0 Å². The molecule has 3 nitrogen and oxygen atoms in total. The summed E-state index contributed by atoms with van der Waals surface area (Å²) in [5, 5.41) is 13.9. The molecule has 1 saturated carbocycles. The molecule has 2 atom stereocenters. The van der Waals surface area contributed by atoms with Gasteiger partial charge in [-0.1, -0.05) is 29.8 Å². The molecule has 0 radical (unpaired) electrons. The fourth-order valence-electron chi connectivity index (χ4n) is 3.61. The molecule has 0 aromatic heterocycles. The van der Waals surface area contributed by atoms with Crippen LogP contribution in [0.15, 0.2) is 24.3 Å². The highest BCUT2D eigenvalue weighted by Crippen LogP contribution is 2.34. The number of β-amino-alcohol motifs (C(OH)–C–C–N with tert-alkyl or cyclic N) is 1. The van der Waals surface area contributed by atoms with Gasteiger partial charge in [-0.25, -0.2) is 0 Å². The lowest BCUT2D eigenvalue weighted by atomic mass is 10.0. The number of hydrogen-bond acceptors (Lipinski definition) is 3. The van der Waals surface area contributed by atoms with Gasteiger partial charge in [0.2, 0.25) is 0 Å². The number of nitrogens with zero attached hydrogens (tertiary/aromatic N) is 1. The average Bonchev–Trinajstić information content (AvgIpc) is 3.22. The van der Waals surface area contributed by atoms with E-state index in [1.54, 1.807) is 0 Å². The van der Waals surface area contributed by atoms with Crippen LogP contribution in [0.4, 0.5) is 0 Å². The van der Waals surface area contributed by atoms with Crippen molar-refractivity contribution in [2.24, 2.45) is 5.92 Å². The maximum atomic E-state index is 10.3. The molecule has 2 N–H and O–H groups in total. The summed E-state index contributed by atoms with van der Waals surface area (Å²) in [6.07, 6.45) is 6.10. The van der Waals surface area contributed by atoms with Crippen LogP contribution in [0, 0.1) is 12.8 Å². The second-order valence-corrected chi connectivity index (χ2v) is 7.21. The van der Waals surface area contributed by atoms with E-state index in [1.807, 2.05) is 0 Å². The second-order valence-electron chi connectivity index (χ2n) is 7.21. The van der Waals surface area contributed by atoms with Crippen molar-refractivity contribution in [3.8, 4) is 0 Å². The highest BCUT2D eigenvalue weighted by Gasteiger charge is 2.31. The third-order valence-corrected chi connectivity index (χ3v) is 5.01. The molecular weight excluding hydrogens is 272 g/mol. The minimum absolute atomic E-state index is 0.239. The van der Waals surface area contributed by atoms with E-state index in [0.717, 1.165) is 38.5 Å². The van der Waals surface area contributed by atoms with E-state index < -0.39 is 0 Å². The van der Waals surface area contributed by atoms with Crippen molar-refractivity contribution < 1.29 is 5.11 Å². The van der Waals surface area contributed by atoms with Crippen molar-refractivity contribution in [1.82, 2.24) is 10.2 Å². The van der Waals surface area contributed by atoms with Crippen molar-refractivity contribution in [3.63, 3.8) is 0 Å². The first-order valence-corrected chi connectivity index (χ1v) is 8.90. The van der Waals surface area contributed by atoms with E-state index in [1.165, 1.54) is 36.8 Å². The zero-order valence-electron chi connectivity index (χ0n) is 13.8. The van der Waals surface area contributed by atoms with Crippen molar-refractivity contribution in [2.75, 3.05) is 26.2 Å². The van der Waals surface area contributed by atoms with Crippen molar-refractivity contribution in [2.45, 2.75) is 51.2 Å². The quantitative estimate of drug-likeness (QED) is 0.774. The molecule has 0 bridgehead atoms. The third kappa shape index (κ3) is 4.80. The largest absolute Gasteiger partial charge is 0.390 e. The van der Waals surface area contributed by atoms with Gasteiger partial charge in [0.05, 0.1) is 6.10 Å². The molecule has 1 aliphatic heterocycles. The standard InChI is InChI=1S/C19H30N2O/c1-15-5-4-6-16(11-15)12-19(17-7-8-17)20-13-18(22)14-21-9-2-3-10-21/h4-6,11,17-20,22H,2-3,7-10,12-14H2,1H3. The smallest absolute Gasteiger partial charge is 0.0791 e. The monoisotopic (exact) mass is 302 g/mol. The molecule has 2 unspecified atom stereocenters. The van der Waals surface area contributed by atoms with E-state index in [4.69, 9.17) is 0 Å². The molecule has 122 valence electrons. The Balaban J connectivity index is 1.47. The van der Waals surface area contributed by atoms with Crippen LogP contribution in [0.2, 0.25) is 0 Å². The number of rotatable bonds is 8. The highest BCUT2D eigenvalue weighted by atomic mass is 16.3. The molecule has 1 saturated heterocycles. The number of likely N-dealkylation sites (tertiary alicyclic amines) is 1. The summed E-state index contributed by atoms with van der Waals surface area (Å²) in [5.74, 6) is 0.805. The molecule has 3 heteroatoms. The molecule has 3 rings (SSSR count). The molecule has 1 heterocycles. The van der Waals surface area contributed by atoms with Gasteiger partial charge >= 0.3 is 0 Å². The van der Waals surface area contributed by atoms with Crippen LogP contribution in [0.1, 0.15) is 36.8 Å². The predicted octanol–water partition coefficient (Wildman–Crippen LogP) is 2.36. The minimum Gasteiger partial charge on any atom is -0.390 e. The Morgan fingerprint density at radius 3 is 2.73 bits per heavy atom. The normalized spacial score (nSPS) is 21.9. The molecule has 2 aliphatic rings. The fraction of sp³-hybridized carbons (Fsp3) is 0.684. The highest BCUT2D eigenvalue weighted by molar-refractivity contribution is 5.23. The summed E-state index contributed by atoms with van der Waals surface area (Å²) >= 11 is 0. The molecule has 1 aliphatic carbocycles. The number of hydrogen-bond donors (Lipinski definition) is 2. The molecule has 0 spiro atoms. The van der Waals surface area contributed by atoms with Crippen molar-refractivity contribution >= 4 is 0 Å². The summed E-state index contributed by atoms with van der Waals surface area (Å²) in [5.41, 5.74) is 2.75. The van der Waals surface area contributed by atoms with Gasteiger partial charge in [-0.3, -0.25) is 0 Å². The lowest BCUT2D eigenvalue weighted by Crippen LogP contribution is -2.42. The second kappa shape index (κ2) is 7.58.